The molecule has 0 aliphatic carbocycles. The standard InChI is InChI=1S/C81H55N7O4S3/c1-2-86-79(92)77(95-81(86)93)80-88(50-74(89)90)78(91)73(94-80)49-54-25-23-51(24-26-54)29-34-61-64-36-40-68(82-64)75(57-19-11-5-12-20-57)70-42-38-66(84-70)62(67-39-43-71(85-67)76(58-21-13-6-14-22-58)69-41-37-65(61)83-69)35-30-52-31-44-72-59(47-52)45-46-87(72)60-32-27-53(28-33-60)48-63(55-15-7-3-8-16-55)56-17-9-4-10-18-56/h3-28,31-33,36-44,47-49,82,85H,2,45-46,50H2,1H3,(H,89,90)/b64-61?,65-61?,66-62?,67-62?,73-49?,75-68?,75-70?,76-69?,76-71?,80-77+. The average Bonchev–Trinajstić information content (AvgIpc) is 1.65. The SMILES string of the molecule is CCN1C(=O)/C(=c2\sc(=Cc3ccc(C#Cc4c5nc(c(-c6ccccc6)c6ccc([nH]6)c(C#Cc6ccc7c(c6)CCN7c6ccc(C=C(c7ccccc7)c7ccccc7)cc6)c6nc(c(-c7ccccc7)c7ccc4[nH]7)C=C6)C=C5)cc3)c(=O)n2CC(=O)O)SC1=S. The number of carboxylic acids is 1. The molecule has 0 atom stereocenters. The fourth-order valence-electron chi connectivity index (χ4n) is 12.4. The molecule has 8 heterocycles. The second-order valence-electron chi connectivity index (χ2n) is 22.9. The Labute approximate surface area is 560 Å². The van der Waals surface area contributed by atoms with Gasteiger partial charge in [0.25, 0.3) is 11.5 Å². The molecule has 0 spiro atoms. The molecule has 4 aliphatic rings. The zero-order valence-electron chi connectivity index (χ0n) is 51.1. The molecule has 15 rings (SSSR count). The molecule has 4 aliphatic heterocycles. The molecule has 0 saturated carbocycles. The van der Waals surface area contributed by atoms with Gasteiger partial charge in [-0.3, -0.25) is 23.9 Å². The van der Waals surface area contributed by atoms with E-state index < -0.39 is 18.1 Å². The van der Waals surface area contributed by atoms with E-state index in [1.54, 1.807) is 6.08 Å². The van der Waals surface area contributed by atoms with Gasteiger partial charge in [-0.1, -0.05) is 193 Å². The number of nitrogens with zero attached hydrogens (tertiary/aromatic N) is 5. The van der Waals surface area contributed by atoms with Gasteiger partial charge in [0.05, 0.1) is 49.5 Å². The summed E-state index contributed by atoms with van der Waals surface area (Å²) in [4.78, 5) is 61.6. The summed E-state index contributed by atoms with van der Waals surface area (Å²) in [5, 5.41) is 9.78. The summed E-state index contributed by atoms with van der Waals surface area (Å²) >= 11 is 7.58. The number of hydrogen-bond acceptors (Lipinski definition) is 9. The number of thiocarbonyl (C=S) groups is 1. The number of carbonyl (C=O) groups is 2. The van der Waals surface area contributed by atoms with Crippen molar-refractivity contribution in [2.75, 3.05) is 18.0 Å². The maximum Gasteiger partial charge on any atom is 0.323 e. The van der Waals surface area contributed by atoms with E-state index in [0.717, 1.165) is 124 Å². The van der Waals surface area contributed by atoms with Gasteiger partial charge in [0.1, 0.15) is 20.4 Å². The first-order valence-electron chi connectivity index (χ1n) is 31.0. The Kier molecular flexibility index (Phi) is 16.2. The van der Waals surface area contributed by atoms with Crippen LogP contribution in [0.4, 0.5) is 11.4 Å². The van der Waals surface area contributed by atoms with Crippen molar-refractivity contribution in [3.8, 4) is 45.9 Å². The van der Waals surface area contributed by atoms with Crippen molar-refractivity contribution in [3.05, 3.63) is 305 Å². The number of anilines is 2. The predicted octanol–water partition coefficient (Wildman–Crippen LogP) is 15.2. The maximum atomic E-state index is 13.8. The Morgan fingerprint density at radius 2 is 1.12 bits per heavy atom. The zero-order valence-corrected chi connectivity index (χ0v) is 53.6. The van der Waals surface area contributed by atoms with Crippen molar-refractivity contribution in [2.45, 2.75) is 19.9 Å². The molecule has 1 amide bonds. The first-order chi connectivity index (χ1) is 46.6. The molecule has 14 heteroatoms. The molecule has 1 saturated heterocycles. The number of rotatable bonds is 10. The highest BCUT2D eigenvalue weighted by atomic mass is 32.2. The summed E-state index contributed by atoms with van der Waals surface area (Å²) in [7, 11) is 0. The van der Waals surface area contributed by atoms with Gasteiger partial charge in [0.15, 0.2) is 0 Å². The van der Waals surface area contributed by atoms with Crippen LogP contribution in [0, 0.1) is 23.7 Å². The number of aliphatic carboxylic acids is 1. The number of benzene rings is 7. The number of thiazole rings is 1. The third-order valence-corrected chi connectivity index (χ3v) is 19.7. The van der Waals surface area contributed by atoms with E-state index in [0.29, 0.717) is 33.2 Å². The Bertz CT molecular complexity index is 5490. The normalized spacial score (nSPS) is 13.8. The number of H-pyrrole nitrogens is 2. The number of aromatic nitrogens is 5. The maximum absolute atomic E-state index is 13.8. The topological polar surface area (TPSA) is 140 Å². The first-order valence-corrected chi connectivity index (χ1v) is 33.1. The molecule has 456 valence electrons. The van der Waals surface area contributed by atoms with Crippen LogP contribution in [0.5, 0.6) is 0 Å². The van der Waals surface area contributed by atoms with Gasteiger partial charge >= 0.3 is 5.97 Å². The van der Waals surface area contributed by atoms with Crippen LogP contribution in [-0.2, 0) is 22.6 Å². The fourth-order valence-corrected chi connectivity index (χ4v) is 15.0. The minimum atomic E-state index is -1.20. The van der Waals surface area contributed by atoms with E-state index in [4.69, 9.17) is 22.2 Å². The Hall–Kier alpha value is -11.7. The van der Waals surface area contributed by atoms with E-state index in [1.165, 1.54) is 32.9 Å². The number of aromatic amines is 2. The van der Waals surface area contributed by atoms with Crippen LogP contribution in [0.15, 0.2) is 217 Å². The summed E-state index contributed by atoms with van der Waals surface area (Å²) < 4.78 is 2.03. The van der Waals surface area contributed by atoms with Crippen molar-refractivity contribution < 1.29 is 14.7 Å². The van der Waals surface area contributed by atoms with Gasteiger partial charge in [-0.05, 0) is 161 Å². The van der Waals surface area contributed by atoms with Crippen molar-refractivity contribution in [1.82, 2.24) is 29.4 Å². The van der Waals surface area contributed by atoms with Crippen LogP contribution in [0.1, 0.15) is 79.8 Å². The van der Waals surface area contributed by atoms with Crippen molar-refractivity contribution in [3.63, 3.8) is 0 Å². The number of fused-ring (bicyclic) bond motifs is 9. The molecule has 8 bridgehead atoms. The van der Waals surface area contributed by atoms with Crippen LogP contribution in [0.2, 0.25) is 0 Å². The van der Waals surface area contributed by atoms with Gasteiger partial charge in [0.2, 0.25) is 0 Å². The summed E-state index contributed by atoms with van der Waals surface area (Å²) in [6.45, 7) is 2.43. The van der Waals surface area contributed by atoms with E-state index in [1.807, 2.05) is 85.8 Å². The quantitative estimate of drug-likeness (QED) is 0.0693. The Balaban J connectivity index is 0.811. The largest absolute Gasteiger partial charge is 0.480 e. The van der Waals surface area contributed by atoms with Crippen LogP contribution in [0.25, 0.3) is 91.3 Å². The lowest BCUT2D eigenvalue weighted by molar-refractivity contribution is -0.137. The monoisotopic (exact) mass is 1290 g/mol. The highest BCUT2D eigenvalue weighted by Crippen LogP contribution is 2.38. The molecule has 4 aromatic heterocycles. The summed E-state index contributed by atoms with van der Waals surface area (Å²) in [6, 6.07) is 72.7. The number of thioether (sulfide) groups is 1. The minimum absolute atomic E-state index is 0.241. The van der Waals surface area contributed by atoms with Crippen LogP contribution in [-0.4, -0.2) is 63.8 Å². The molecule has 3 N–H and O–H groups in total. The average molecular weight is 1290 g/mol. The fraction of sp³-hybridized carbons (Fsp3) is 0.0617. The molecule has 0 radical (unpaired) electrons. The highest BCUT2D eigenvalue weighted by Gasteiger charge is 2.33. The molecule has 1 fully saturated rings. The van der Waals surface area contributed by atoms with Crippen LogP contribution in [0.3, 0.4) is 0 Å². The lowest BCUT2D eigenvalue weighted by Crippen LogP contribution is -2.35. The van der Waals surface area contributed by atoms with E-state index in [-0.39, 0.29) is 20.0 Å². The van der Waals surface area contributed by atoms with Crippen LogP contribution >= 0.6 is 35.3 Å². The number of amides is 1. The molecular formula is C81H55N7O4S3. The molecule has 7 aromatic carbocycles. The number of hydrogen-bond donors (Lipinski definition) is 3. The lowest BCUT2D eigenvalue weighted by atomic mass is 9.96. The summed E-state index contributed by atoms with van der Waals surface area (Å²) in [5.41, 5.74) is 21.3. The third-order valence-electron chi connectivity index (χ3n) is 17.0. The van der Waals surface area contributed by atoms with Gasteiger partial charge < -0.3 is 20.0 Å². The smallest absolute Gasteiger partial charge is 0.323 e. The number of nitrogens with one attached hydrogen (secondary N) is 2. The van der Waals surface area contributed by atoms with Gasteiger partial charge in [-0.15, -0.1) is 11.3 Å². The van der Waals surface area contributed by atoms with E-state index in [2.05, 4.69) is 202 Å². The van der Waals surface area contributed by atoms with Gasteiger partial charge in [-0.25, -0.2) is 9.97 Å². The minimum Gasteiger partial charge on any atom is -0.480 e. The van der Waals surface area contributed by atoms with Crippen molar-refractivity contribution in [1.29, 1.82) is 0 Å². The van der Waals surface area contributed by atoms with Gasteiger partial charge in [-0.2, -0.15) is 0 Å². The number of carboxylic acid groups (broad SMARTS) is 1. The predicted molar refractivity (Wildman–Crippen MR) is 392 cm³/mol. The zero-order chi connectivity index (χ0) is 64.5. The Morgan fingerprint density at radius 1 is 0.600 bits per heavy atom. The van der Waals surface area contributed by atoms with E-state index >= 15 is 0 Å². The van der Waals surface area contributed by atoms with Crippen molar-refractivity contribution >= 4 is 132 Å². The second kappa shape index (κ2) is 25.8. The highest BCUT2D eigenvalue weighted by molar-refractivity contribution is 8.30. The molecule has 0 unspecified atom stereocenters. The Morgan fingerprint density at radius 3 is 1.66 bits per heavy atom. The van der Waals surface area contributed by atoms with Gasteiger partial charge in [0, 0.05) is 57.8 Å². The van der Waals surface area contributed by atoms with Crippen molar-refractivity contribution in [2.24, 2.45) is 0 Å². The lowest BCUT2D eigenvalue weighted by Gasteiger charge is -2.20. The number of carbonyl (C=O) groups excluding carboxylic acids is 1. The second-order valence-corrected chi connectivity index (χ2v) is 25.6. The molecule has 11 aromatic rings. The third kappa shape index (κ3) is 12.0. The van der Waals surface area contributed by atoms with Crippen LogP contribution < -0.4 is 19.7 Å². The molecular weight excluding hydrogens is 1230 g/mol. The summed E-state index contributed by atoms with van der Waals surface area (Å²) in [5.74, 6) is 12.6. The van der Waals surface area contributed by atoms with E-state index in [9.17, 15) is 19.5 Å². The molecule has 11 nitrogen and oxygen atoms in total. The first kappa shape index (κ1) is 59.6. The summed E-state index contributed by atoms with van der Waals surface area (Å²) in [6.07, 6.45) is 13.0. The molecule has 95 heavy (non-hydrogen) atoms.